The molecule has 2 rings (SSSR count). The van der Waals surface area contributed by atoms with E-state index in [2.05, 4.69) is 17.6 Å². The Balaban J connectivity index is 2.30. The van der Waals surface area contributed by atoms with E-state index in [0.717, 1.165) is 34.2 Å². The van der Waals surface area contributed by atoms with Crippen LogP contribution in [-0.2, 0) is 0 Å². The smallest absolute Gasteiger partial charge is 0.126 e. The van der Waals surface area contributed by atoms with Crippen LogP contribution in [0, 0.1) is 6.92 Å². The van der Waals surface area contributed by atoms with Crippen molar-refractivity contribution in [3.05, 3.63) is 45.0 Å². The van der Waals surface area contributed by atoms with Crippen molar-refractivity contribution in [1.29, 1.82) is 0 Å². The molecule has 0 spiro atoms. The second-order valence-corrected chi connectivity index (χ2v) is 5.29. The van der Waals surface area contributed by atoms with E-state index in [1.54, 1.807) is 17.6 Å². The Morgan fingerprint density at radius 1 is 1.53 bits per heavy atom. The van der Waals surface area contributed by atoms with Gasteiger partial charge in [0, 0.05) is 4.88 Å². The SMILES string of the molecule is CCCNC(c1ccco1)c1scc(C)c1Cl. The minimum Gasteiger partial charge on any atom is -0.467 e. The Morgan fingerprint density at radius 3 is 2.88 bits per heavy atom. The van der Waals surface area contributed by atoms with Gasteiger partial charge in [-0.2, -0.15) is 0 Å². The summed E-state index contributed by atoms with van der Waals surface area (Å²) < 4.78 is 5.50. The summed E-state index contributed by atoms with van der Waals surface area (Å²) in [5.41, 5.74) is 1.13. The molecule has 0 fully saturated rings. The van der Waals surface area contributed by atoms with E-state index in [0.29, 0.717) is 0 Å². The van der Waals surface area contributed by atoms with E-state index < -0.39 is 0 Å². The highest BCUT2D eigenvalue weighted by Crippen LogP contribution is 2.35. The van der Waals surface area contributed by atoms with Crippen molar-refractivity contribution in [2.24, 2.45) is 0 Å². The molecule has 2 nitrogen and oxygen atoms in total. The van der Waals surface area contributed by atoms with E-state index in [1.807, 2.05) is 19.1 Å². The lowest BCUT2D eigenvalue weighted by Crippen LogP contribution is -2.22. The van der Waals surface area contributed by atoms with Crippen LogP contribution in [0.4, 0.5) is 0 Å². The molecular weight excluding hydrogens is 254 g/mol. The van der Waals surface area contributed by atoms with Crippen molar-refractivity contribution in [2.45, 2.75) is 26.3 Å². The lowest BCUT2D eigenvalue weighted by Gasteiger charge is -2.15. The van der Waals surface area contributed by atoms with Gasteiger partial charge in [0.1, 0.15) is 11.8 Å². The third-order valence-electron chi connectivity index (χ3n) is 2.61. The molecule has 0 bridgehead atoms. The van der Waals surface area contributed by atoms with Gasteiger partial charge in [0.15, 0.2) is 0 Å². The third kappa shape index (κ3) is 2.73. The highest BCUT2D eigenvalue weighted by atomic mass is 35.5. The maximum Gasteiger partial charge on any atom is 0.126 e. The van der Waals surface area contributed by atoms with Crippen molar-refractivity contribution in [2.75, 3.05) is 6.54 Å². The molecule has 0 aliphatic rings. The van der Waals surface area contributed by atoms with E-state index >= 15 is 0 Å². The van der Waals surface area contributed by atoms with E-state index in [9.17, 15) is 0 Å². The quantitative estimate of drug-likeness (QED) is 0.871. The van der Waals surface area contributed by atoms with Gasteiger partial charge in [-0.15, -0.1) is 11.3 Å². The van der Waals surface area contributed by atoms with Crippen LogP contribution in [-0.4, -0.2) is 6.54 Å². The Kier molecular flexibility index (Phi) is 4.26. The average molecular weight is 270 g/mol. The first kappa shape index (κ1) is 12.7. The summed E-state index contributed by atoms with van der Waals surface area (Å²) >= 11 is 8.01. The molecule has 2 aromatic rings. The molecule has 1 atom stereocenters. The molecule has 2 heterocycles. The third-order valence-corrected chi connectivity index (χ3v) is 4.39. The number of rotatable bonds is 5. The van der Waals surface area contributed by atoms with E-state index in [-0.39, 0.29) is 6.04 Å². The number of thiophene rings is 1. The minimum absolute atomic E-state index is 0.0659. The van der Waals surface area contributed by atoms with Crippen molar-refractivity contribution in [3.8, 4) is 0 Å². The summed E-state index contributed by atoms with van der Waals surface area (Å²) in [6.45, 7) is 5.12. The number of hydrogen-bond acceptors (Lipinski definition) is 3. The predicted molar refractivity (Wildman–Crippen MR) is 72.9 cm³/mol. The summed E-state index contributed by atoms with van der Waals surface area (Å²) in [6.07, 6.45) is 2.78. The summed E-state index contributed by atoms with van der Waals surface area (Å²) in [6, 6.07) is 3.96. The summed E-state index contributed by atoms with van der Waals surface area (Å²) in [7, 11) is 0. The van der Waals surface area contributed by atoms with Crippen molar-refractivity contribution >= 4 is 22.9 Å². The van der Waals surface area contributed by atoms with Crippen LogP contribution < -0.4 is 5.32 Å². The summed E-state index contributed by atoms with van der Waals surface area (Å²) in [4.78, 5) is 1.13. The first-order chi connectivity index (χ1) is 8.24. The minimum atomic E-state index is 0.0659. The molecule has 4 heteroatoms. The molecule has 92 valence electrons. The lowest BCUT2D eigenvalue weighted by molar-refractivity contribution is 0.450. The predicted octanol–water partition coefficient (Wildman–Crippen LogP) is 4.39. The molecular formula is C13H16ClNOS. The van der Waals surface area contributed by atoms with E-state index in [4.69, 9.17) is 16.0 Å². The number of hydrogen-bond donors (Lipinski definition) is 1. The molecule has 2 aromatic heterocycles. The molecule has 0 amide bonds. The van der Waals surface area contributed by atoms with Gasteiger partial charge < -0.3 is 9.73 Å². The molecule has 0 aliphatic carbocycles. The lowest BCUT2D eigenvalue weighted by atomic mass is 10.1. The Labute approximate surface area is 111 Å². The monoisotopic (exact) mass is 269 g/mol. The fourth-order valence-corrected chi connectivity index (χ4v) is 3.09. The van der Waals surface area contributed by atoms with Gasteiger partial charge in [0.25, 0.3) is 0 Å². The topological polar surface area (TPSA) is 25.2 Å². The number of halogens is 1. The molecule has 0 radical (unpaired) electrons. The average Bonchev–Trinajstić information content (AvgIpc) is 2.94. The summed E-state index contributed by atoms with van der Waals surface area (Å²) in [5, 5.41) is 6.41. The Bertz CT molecular complexity index is 464. The van der Waals surface area contributed by atoms with Crippen LogP contribution in [0.15, 0.2) is 28.2 Å². The maximum absolute atomic E-state index is 6.33. The second kappa shape index (κ2) is 5.71. The van der Waals surface area contributed by atoms with Crippen molar-refractivity contribution in [1.82, 2.24) is 5.32 Å². The largest absolute Gasteiger partial charge is 0.467 e. The van der Waals surface area contributed by atoms with Gasteiger partial charge in [-0.25, -0.2) is 0 Å². The molecule has 17 heavy (non-hydrogen) atoms. The first-order valence-electron chi connectivity index (χ1n) is 5.74. The molecule has 0 saturated heterocycles. The number of furan rings is 1. The Hall–Kier alpha value is -0.770. The van der Waals surface area contributed by atoms with Gasteiger partial charge in [0.05, 0.1) is 11.3 Å². The van der Waals surface area contributed by atoms with Gasteiger partial charge in [0.2, 0.25) is 0 Å². The maximum atomic E-state index is 6.33. The van der Waals surface area contributed by atoms with Crippen LogP contribution >= 0.6 is 22.9 Å². The molecule has 0 saturated carbocycles. The van der Waals surface area contributed by atoms with Crippen LogP contribution in [0.1, 0.15) is 35.6 Å². The van der Waals surface area contributed by atoms with Gasteiger partial charge in [-0.05, 0) is 43.0 Å². The van der Waals surface area contributed by atoms with E-state index in [1.165, 1.54) is 0 Å². The van der Waals surface area contributed by atoms with Gasteiger partial charge in [-0.3, -0.25) is 0 Å². The van der Waals surface area contributed by atoms with Crippen molar-refractivity contribution < 1.29 is 4.42 Å². The second-order valence-electron chi connectivity index (χ2n) is 4.00. The van der Waals surface area contributed by atoms with Crippen LogP contribution in [0.5, 0.6) is 0 Å². The molecule has 0 aromatic carbocycles. The normalized spacial score (nSPS) is 12.9. The van der Waals surface area contributed by atoms with Crippen LogP contribution in [0.25, 0.3) is 0 Å². The van der Waals surface area contributed by atoms with Gasteiger partial charge in [-0.1, -0.05) is 18.5 Å². The first-order valence-corrected chi connectivity index (χ1v) is 7.00. The zero-order valence-electron chi connectivity index (χ0n) is 10.00. The summed E-state index contributed by atoms with van der Waals surface area (Å²) in [5.74, 6) is 0.919. The van der Waals surface area contributed by atoms with Crippen LogP contribution in [0.2, 0.25) is 5.02 Å². The molecule has 1 unspecified atom stereocenters. The number of aryl methyl sites for hydroxylation is 1. The van der Waals surface area contributed by atoms with Crippen LogP contribution in [0.3, 0.4) is 0 Å². The van der Waals surface area contributed by atoms with Gasteiger partial charge >= 0.3 is 0 Å². The number of nitrogens with one attached hydrogen (secondary N) is 1. The fraction of sp³-hybridized carbons (Fsp3) is 0.385. The van der Waals surface area contributed by atoms with Crippen molar-refractivity contribution in [3.63, 3.8) is 0 Å². The molecule has 1 N–H and O–H groups in total. The zero-order valence-corrected chi connectivity index (χ0v) is 11.6. The fourth-order valence-electron chi connectivity index (χ4n) is 1.71. The molecule has 0 aliphatic heterocycles. The Morgan fingerprint density at radius 2 is 2.35 bits per heavy atom. The zero-order chi connectivity index (χ0) is 12.3. The highest BCUT2D eigenvalue weighted by Gasteiger charge is 2.21. The standard InChI is InChI=1S/C13H16ClNOS/c1-3-6-15-12(10-5-4-7-16-10)13-11(14)9(2)8-17-13/h4-5,7-8,12,15H,3,6H2,1-2H3. The highest BCUT2D eigenvalue weighted by molar-refractivity contribution is 7.10.